The molecule has 0 bridgehead atoms. The number of aryl methyl sites for hydroxylation is 1. The standard InChI is InChI=1S/C16H15FN2O/c1-2-10-19-16(11-6-8-12(20)9-7-11)13-4-3-5-14(17)15(13)18-19/h3-9,20H,2,10H2,1H3. The van der Waals surface area contributed by atoms with Crippen LogP contribution in [-0.2, 0) is 6.54 Å². The van der Waals surface area contributed by atoms with Crippen LogP contribution in [-0.4, -0.2) is 14.9 Å². The van der Waals surface area contributed by atoms with Gasteiger partial charge in [0.2, 0.25) is 0 Å². The van der Waals surface area contributed by atoms with Crippen molar-refractivity contribution in [2.75, 3.05) is 0 Å². The molecule has 102 valence electrons. The second-order valence-corrected chi connectivity index (χ2v) is 4.75. The molecule has 20 heavy (non-hydrogen) atoms. The number of phenols is 1. The SMILES string of the molecule is CCCn1nc2c(F)cccc2c1-c1ccc(O)cc1. The molecular formula is C16H15FN2O. The van der Waals surface area contributed by atoms with Crippen molar-refractivity contribution >= 4 is 10.9 Å². The highest BCUT2D eigenvalue weighted by Crippen LogP contribution is 2.31. The van der Waals surface area contributed by atoms with Crippen molar-refractivity contribution in [1.82, 2.24) is 9.78 Å². The Bertz CT molecular complexity index is 747. The first kappa shape index (κ1) is 12.7. The van der Waals surface area contributed by atoms with Gasteiger partial charge in [-0.25, -0.2) is 4.39 Å². The molecular weight excluding hydrogens is 255 g/mol. The van der Waals surface area contributed by atoms with Gasteiger partial charge in [-0.15, -0.1) is 0 Å². The first-order valence-corrected chi connectivity index (χ1v) is 6.65. The molecule has 0 aliphatic heterocycles. The Morgan fingerprint density at radius 1 is 1.15 bits per heavy atom. The van der Waals surface area contributed by atoms with Gasteiger partial charge in [-0.2, -0.15) is 5.10 Å². The lowest BCUT2D eigenvalue weighted by Gasteiger charge is -2.07. The first-order chi connectivity index (χ1) is 9.70. The zero-order valence-corrected chi connectivity index (χ0v) is 11.2. The number of rotatable bonds is 3. The fourth-order valence-corrected chi connectivity index (χ4v) is 2.42. The second kappa shape index (κ2) is 4.96. The van der Waals surface area contributed by atoms with E-state index in [1.54, 1.807) is 18.2 Å². The summed E-state index contributed by atoms with van der Waals surface area (Å²) in [5.41, 5.74) is 2.20. The Morgan fingerprint density at radius 3 is 2.60 bits per heavy atom. The third-order valence-corrected chi connectivity index (χ3v) is 3.30. The lowest BCUT2D eigenvalue weighted by molar-refractivity contribution is 0.475. The Balaban J connectivity index is 2.28. The molecule has 4 heteroatoms. The van der Waals surface area contributed by atoms with E-state index in [1.165, 1.54) is 6.07 Å². The monoisotopic (exact) mass is 270 g/mol. The Morgan fingerprint density at radius 2 is 1.90 bits per heavy atom. The van der Waals surface area contributed by atoms with Crippen LogP contribution < -0.4 is 0 Å². The van der Waals surface area contributed by atoms with Crippen LogP contribution in [0.3, 0.4) is 0 Å². The zero-order chi connectivity index (χ0) is 14.1. The van der Waals surface area contributed by atoms with Gasteiger partial charge in [0.25, 0.3) is 0 Å². The van der Waals surface area contributed by atoms with Crippen molar-refractivity contribution in [2.45, 2.75) is 19.9 Å². The molecule has 2 aromatic carbocycles. The number of aromatic nitrogens is 2. The number of hydrogen-bond acceptors (Lipinski definition) is 2. The number of hydrogen-bond donors (Lipinski definition) is 1. The van der Waals surface area contributed by atoms with E-state index in [0.717, 1.165) is 29.6 Å². The van der Waals surface area contributed by atoms with Crippen molar-refractivity contribution in [1.29, 1.82) is 0 Å². The van der Waals surface area contributed by atoms with Crippen molar-refractivity contribution in [3.8, 4) is 17.0 Å². The minimum absolute atomic E-state index is 0.214. The van der Waals surface area contributed by atoms with Crippen LogP contribution >= 0.6 is 0 Å². The predicted octanol–water partition coefficient (Wildman–Crippen LogP) is 3.96. The van der Waals surface area contributed by atoms with Crippen molar-refractivity contribution in [2.24, 2.45) is 0 Å². The normalized spacial score (nSPS) is 11.1. The van der Waals surface area contributed by atoms with E-state index in [1.807, 2.05) is 22.9 Å². The quantitative estimate of drug-likeness (QED) is 0.782. The number of aromatic hydroxyl groups is 1. The average molecular weight is 270 g/mol. The van der Waals surface area contributed by atoms with Crippen LogP contribution in [0, 0.1) is 5.82 Å². The molecule has 0 atom stereocenters. The molecule has 0 unspecified atom stereocenters. The van der Waals surface area contributed by atoms with E-state index >= 15 is 0 Å². The largest absolute Gasteiger partial charge is 0.508 e. The van der Waals surface area contributed by atoms with Gasteiger partial charge in [-0.1, -0.05) is 19.1 Å². The van der Waals surface area contributed by atoms with Gasteiger partial charge in [0.15, 0.2) is 5.82 Å². The average Bonchev–Trinajstić information content (AvgIpc) is 2.80. The summed E-state index contributed by atoms with van der Waals surface area (Å²) in [6, 6.07) is 11.9. The van der Waals surface area contributed by atoms with E-state index in [0.29, 0.717) is 5.52 Å². The Kier molecular flexibility index (Phi) is 3.14. The maximum atomic E-state index is 13.9. The molecule has 0 spiro atoms. The molecule has 1 heterocycles. The van der Waals surface area contributed by atoms with Crippen LogP contribution in [0.15, 0.2) is 42.5 Å². The molecule has 3 nitrogen and oxygen atoms in total. The summed E-state index contributed by atoms with van der Waals surface area (Å²) in [5, 5.41) is 14.6. The number of benzene rings is 2. The van der Waals surface area contributed by atoms with E-state index in [9.17, 15) is 9.50 Å². The summed E-state index contributed by atoms with van der Waals surface area (Å²) >= 11 is 0. The molecule has 1 aromatic heterocycles. The van der Waals surface area contributed by atoms with E-state index < -0.39 is 0 Å². The van der Waals surface area contributed by atoms with Crippen LogP contribution in [0.1, 0.15) is 13.3 Å². The molecule has 0 aliphatic rings. The number of nitrogens with zero attached hydrogens (tertiary/aromatic N) is 2. The molecule has 1 N–H and O–H groups in total. The third kappa shape index (κ3) is 2.03. The van der Waals surface area contributed by atoms with E-state index in [-0.39, 0.29) is 11.6 Å². The number of phenolic OH excluding ortho intramolecular Hbond substituents is 1. The molecule has 3 aromatic rings. The van der Waals surface area contributed by atoms with Gasteiger partial charge in [0, 0.05) is 17.5 Å². The highest BCUT2D eigenvalue weighted by atomic mass is 19.1. The zero-order valence-electron chi connectivity index (χ0n) is 11.2. The number of fused-ring (bicyclic) bond motifs is 1. The molecule has 0 amide bonds. The van der Waals surface area contributed by atoms with Crippen LogP contribution in [0.2, 0.25) is 0 Å². The molecule has 0 saturated carbocycles. The maximum absolute atomic E-state index is 13.9. The molecule has 0 saturated heterocycles. The van der Waals surface area contributed by atoms with E-state index in [4.69, 9.17) is 0 Å². The van der Waals surface area contributed by atoms with Crippen molar-refractivity contribution in [3.63, 3.8) is 0 Å². The van der Waals surface area contributed by atoms with Gasteiger partial charge in [-0.3, -0.25) is 4.68 Å². The van der Waals surface area contributed by atoms with Gasteiger partial charge in [-0.05, 0) is 36.8 Å². The van der Waals surface area contributed by atoms with E-state index in [2.05, 4.69) is 12.0 Å². The van der Waals surface area contributed by atoms with Crippen molar-refractivity contribution < 1.29 is 9.50 Å². The summed E-state index contributed by atoms with van der Waals surface area (Å²) in [7, 11) is 0. The minimum atomic E-state index is -0.308. The summed E-state index contributed by atoms with van der Waals surface area (Å²) in [6.07, 6.45) is 0.917. The van der Waals surface area contributed by atoms with Gasteiger partial charge < -0.3 is 5.11 Å². The minimum Gasteiger partial charge on any atom is -0.508 e. The van der Waals surface area contributed by atoms with Crippen LogP contribution in [0.4, 0.5) is 4.39 Å². The van der Waals surface area contributed by atoms with Crippen LogP contribution in [0.25, 0.3) is 22.2 Å². The smallest absolute Gasteiger partial charge is 0.151 e. The number of halogens is 1. The predicted molar refractivity (Wildman–Crippen MR) is 77.1 cm³/mol. The highest BCUT2D eigenvalue weighted by molar-refractivity contribution is 5.93. The Hall–Kier alpha value is -2.36. The van der Waals surface area contributed by atoms with Gasteiger partial charge >= 0.3 is 0 Å². The second-order valence-electron chi connectivity index (χ2n) is 4.75. The summed E-state index contributed by atoms with van der Waals surface area (Å²) in [6.45, 7) is 2.79. The topological polar surface area (TPSA) is 38.0 Å². The summed E-state index contributed by atoms with van der Waals surface area (Å²) in [4.78, 5) is 0. The highest BCUT2D eigenvalue weighted by Gasteiger charge is 2.15. The molecule has 0 radical (unpaired) electrons. The molecule has 0 aliphatic carbocycles. The van der Waals surface area contributed by atoms with Gasteiger partial charge in [0.1, 0.15) is 11.3 Å². The first-order valence-electron chi connectivity index (χ1n) is 6.65. The lowest BCUT2D eigenvalue weighted by atomic mass is 10.1. The van der Waals surface area contributed by atoms with Crippen molar-refractivity contribution in [3.05, 3.63) is 48.3 Å². The summed E-state index contributed by atoms with van der Waals surface area (Å²) < 4.78 is 15.7. The Labute approximate surface area is 116 Å². The lowest BCUT2D eigenvalue weighted by Crippen LogP contribution is -2.01. The molecule has 3 rings (SSSR count). The summed E-state index contributed by atoms with van der Waals surface area (Å²) in [5.74, 6) is -0.0943. The van der Waals surface area contributed by atoms with Crippen LogP contribution in [0.5, 0.6) is 5.75 Å². The fraction of sp³-hybridized carbons (Fsp3) is 0.188. The maximum Gasteiger partial charge on any atom is 0.151 e. The fourth-order valence-electron chi connectivity index (χ4n) is 2.42. The van der Waals surface area contributed by atoms with Gasteiger partial charge in [0.05, 0.1) is 5.69 Å². The third-order valence-electron chi connectivity index (χ3n) is 3.30. The molecule has 0 fully saturated rings.